The zero-order chi connectivity index (χ0) is 11.9. The van der Waals surface area contributed by atoms with Gasteiger partial charge in [0.1, 0.15) is 5.60 Å². The third-order valence-electron chi connectivity index (χ3n) is 4.10. The summed E-state index contributed by atoms with van der Waals surface area (Å²) in [6.45, 7) is 8.15. The van der Waals surface area contributed by atoms with Crippen LogP contribution in [0.4, 0.5) is 0 Å². The highest BCUT2D eigenvalue weighted by Gasteiger charge is 2.45. The second-order valence-electron chi connectivity index (χ2n) is 4.98. The smallest absolute Gasteiger partial charge is 0.113 e. The van der Waals surface area contributed by atoms with Crippen LogP contribution in [0.15, 0.2) is 0 Å². The Kier molecular flexibility index (Phi) is 5.68. The lowest BCUT2D eigenvalue weighted by Crippen LogP contribution is -2.41. The first-order valence-corrected chi connectivity index (χ1v) is 6.74. The van der Waals surface area contributed by atoms with Crippen LogP contribution < -0.4 is 5.32 Å². The van der Waals surface area contributed by atoms with Gasteiger partial charge in [-0.05, 0) is 39.3 Å². The number of fused-ring (bicyclic) bond motifs is 2. The molecule has 0 saturated carbocycles. The number of halogens is 2. The summed E-state index contributed by atoms with van der Waals surface area (Å²) in [6, 6.07) is 0. The highest BCUT2D eigenvalue weighted by Crippen LogP contribution is 2.44. The van der Waals surface area contributed by atoms with Crippen molar-refractivity contribution in [1.82, 2.24) is 15.1 Å². The maximum atomic E-state index is 6.18. The highest BCUT2D eigenvalue weighted by molar-refractivity contribution is 5.85. The van der Waals surface area contributed by atoms with Crippen LogP contribution in [0.1, 0.15) is 43.6 Å². The van der Waals surface area contributed by atoms with Gasteiger partial charge in [-0.2, -0.15) is 5.10 Å². The number of rotatable bonds is 2. The average Bonchev–Trinajstić information content (AvgIpc) is 2.90. The molecule has 1 fully saturated rings. The molecular formula is C13H23Cl2N3O. The summed E-state index contributed by atoms with van der Waals surface area (Å²) in [4.78, 5) is 0. The minimum atomic E-state index is -0.0446. The fourth-order valence-corrected chi connectivity index (χ4v) is 3.21. The summed E-state index contributed by atoms with van der Waals surface area (Å²) in [5, 5.41) is 8.15. The van der Waals surface area contributed by atoms with Gasteiger partial charge in [0, 0.05) is 12.1 Å². The van der Waals surface area contributed by atoms with E-state index >= 15 is 0 Å². The Morgan fingerprint density at radius 2 is 1.95 bits per heavy atom. The molecule has 1 saturated heterocycles. The second-order valence-corrected chi connectivity index (χ2v) is 4.98. The van der Waals surface area contributed by atoms with E-state index in [2.05, 4.69) is 23.8 Å². The second kappa shape index (κ2) is 6.44. The Labute approximate surface area is 127 Å². The topological polar surface area (TPSA) is 39.1 Å². The molecule has 1 N–H and O–H groups in total. The van der Waals surface area contributed by atoms with Gasteiger partial charge in [-0.25, -0.2) is 0 Å². The summed E-state index contributed by atoms with van der Waals surface area (Å²) >= 11 is 0. The van der Waals surface area contributed by atoms with Crippen LogP contribution in [-0.4, -0.2) is 22.9 Å². The summed E-state index contributed by atoms with van der Waals surface area (Å²) in [5.41, 5.74) is 3.93. The van der Waals surface area contributed by atoms with E-state index in [-0.39, 0.29) is 30.4 Å². The van der Waals surface area contributed by atoms with Crippen LogP contribution in [0.5, 0.6) is 0 Å². The minimum Gasteiger partial charge on any atom is -0.364 e. The van der Waals surface area contributed by atoms with Gasteiger partial charge in [0.2, 0.25) is 0 Å². The molecule has 4 nitrogen and oxygen atoms in total. The normalized spacial score (nSPS) is 19.7. The summed E-state index contributed by atoms with van der Waals surface area (Å²) in [6.07, 6.45) is 3.16. The van der Waals surface area contributed by atoms with Gasteiger partial charge < -0.3 is 10.1 Å². The van der Waals surface area contributed by atoms with E-state index in [1.165, 1.54) is 17.0 Å². The van der Waals surface area contributed by atoms with E-state index in [0.29, 0.717) is 0 Å². The minimum absolute atomic E-state index is 0. The molecule has 1 aromatic rings. The summed E-state index contributed by atoms with van der Waals surface area (Å²) < 4.78 is 8.35. The molecule has 0 amide bonds. The number of nitrogens with zero attached hydrogens (tertiary/aromatic N) is 2. The molecule has 3 rings (SSSR count). The van der Waals surface area contributed by atoms with Crippen molar-refractivity contribution in [3.63, 3.8) is 0 Å². The van der Waals surface area contributed by atoms with Gasteiger partial charge in [0.15, 0.2) is 0 Å². The lowest BCUT2D eigenvalue weighted by Gasteiger charge is -2.34. The Bertz CT molecular complexity index is 428. The van der Waals surface area contributed by atoms with Crippen LogP contribution >= 0.6 is 24.8 Å². The quantitative estimate of drug-likeness (QED) is 0.912. The Hall–Kier alpha value is -0.290. The Morgan fingerprint density at radius 1 is 1.26 bits per heavy atom. The predicted octanol–water partition coefficient (Wildman–Crippen LogP) is 2.42. The van der Waals surface area contributed by atoms with Gasteiger partial charge in [0.25, 0.3) is 0 Å². The SMILES string of the molecule is CCc1nn(CC)c2c1COC21CCNCC1.Cl.Cl. The van der Waals surface area contributed by atoms with Crippen molar-refractivity contribution in [2.45, 2.75) is 51.9 Å². The molecule has 0 aliphatic carbocycles. The largest absolute Gasteiger partial charge is 0.364 e. The maximum absolute atomic E-state index is 6.18. The van der Waals surface area contributed by atoms with E-state index < -0.39 is 0 Å². The fraction of sp³-hybridized carbons (Fsp3) is 0.769. The van der Waals surface area contributed by atoms with E-state index in [1.54, 1.807) is 0 Å². The zero-order valence-corrected chi connectivity index (χ0v) is 13.2. The van der Waals surface area contributed by atoms with Crippen LogP contribution in [0.25, 0.3) is 0 Å². The van der Waals surface area contributed by atoms with Crippen LogP contribution in [0.3, 0.4) is 0 Å². The van der Waals surface area contributed by atoms with Crippen molar-refractivity contribution >= 4 is 24.8 Å². The number of piperidine rings is 1. The van der Waals surface area contributed by atoms with Crippen LogP contribution in [0, 0.1) is 0 Å². The van der Waals surface area contributed by atoms with Gasteiger partial charge in [-0.3, -0.25) is 4.68 Å². The first kappa shape index (κ1) is 16.8. The Morgan fingerprint density at radius 3 is 2.53 bits per heavy atom. The molecule has 1 aromatic heterocycles. The molecule has 0 radical (unpaired) electrons. The third kappa shape index (κ3) is 2.51. The zero-order valence-electron chi connectivity index (χ0n) is 11.6. The Balaban J connectivity index is 0.000000902. The van der Waals surface area contributed by atoms with Gasteiger partial charge in [-0.15, -0.1) is 24.8 Å². The molecule has 1 spiro atoms. The molecule has 3 heterocycles. The van der Waals surface area contributed by atoms with Crippen molar-refractivity contribution in [3.8, 4) is 0 Å². The first-order valence-electron chi connectivity index (χ1n) is 6.74. The molecule has 0 bridgehead atoms. The maximum Gasteiger partial charge on any atom is 0.113 e. The van der Waals surface area contributed by atoms with E-state index in [0.717, 1.165) is 45.5 Å². The molecule has 2 aliphatic heterocycles. The fourth-order valence-electron chi connectivity index (χ4n) is 3.21. The molecule has 110 valence electrons. The molecule has 0 atom stereocenters. The van der Waals surface area contributed by atoms with Gasteiger partial charge >= 0.3 is 0 Å². The third-order valence-corrected chi connectivity index (χ3v) is 4.10. The molecule has 2 aliphatic rings. The van der Waals surface area contributed by atoms with Crippen molar-refractivity contribution in [3.05, 3.63) is 17.0 Å². The van der Waals surface area contributed by atoms with Crippen molar-refractivity contribution in [2.24, 2.45) is 0 Å². The summed E-state index contributed by atoms with van der Waals surface area (Å²) in [5.74, 6) is 0. The van der Waals surface area contributed by atoms with Crippen molar-refractivity contribution in [1.29, 1.82) is 0 Å². The lowest BCUT2D eigenvalue weighted by molar-refractivity contribution is -0.0646. The molecule has 19 heavy (non-hydrogen) atoms. The number of ether oxygens (including phenoxy) is 1. The lowest BCUT2D eigenvalue weighted by atomic mass is 9.88. The summed E-state index contributed by atoms with van der Waals surface area (Å²) in [7, 11) is 0. The molecule has 0 aromatic carbocycles. The predicted molar refractivity (Wildman–Crippen MR) is 80.3 cm³/mol. The van der Waals surface area contributed by atoms with E-state index in [4.69, 9.17) is 9.84 Å². The van der Waals surface area contributed by atoms with E-state index in [1.807, 2.05) is 0 Å². The average molecular weight is 308 g/mol. The molecule has 0 unspecified atom stereocenters. The standard InChI is InChI=1S/C13H21N3O.2ClH/c1-3-11-10-9-17-13(5-7-14-8-6-13)12(10)16(4-2)15-11;;/h14H,3-9H2,1-2H3;2*1H. The van der Waals surface area contributed by atoms with Gasteiger partial charge in [0.05, 0.1) is 18.0 Å². The number of hydrogen-bond donors (Lipinski definition) is 1. The number of hydrogen-bond acceptors (Lipinski definition) is 3. The highest BCUT2D eigenvalue weighted by atomic mass is 35.5. The monoisotopic (exact) mass is 307 g/mol. The van der Waals surface area contributed by atoms with Crippen LogP contribution in [0.2, 0.25) is 0 Å². The number of nitrogens with one attached hydrogen (secondary N) is 1. The molecule has 6 heteroatoms. The van der Waals surface area contributed by atoms with Crippen molar-refractivity contribution < 1.29 is 4.74 Å². The number of aryl methyl sites for hydroxylation is 2. The van der Waals surface area contributed by atoms with Crippen molar-refractivity contribution in [2.75, 3.05) is 13.1 Å². The van der Waals surface area contributed by atoms with Crippen LogP contribution in [-0.2, 0) is 29.9 Å². The first-order chi connectivity index (χ1) is 8.30. The van der Waals surface area contributed by atoms with Gasteiger partial charge in [-0.1, -0.05) is 6.92 Å². The molecular weight excluding hydrogens is 285 g/mol. The van der Waals surface area contributed by atoms with E-state index in [9.17, 15) is 0 Å². The number of aromatic nitrogens is 2.